The molecule has 2 unspecified atom stereocenters. The van der Waals surface area contributed by atoms with Crippen LogP contribution in [0.1, 0.15) is 42.7 Å². The lowest BCUT2D eigenvalue weighted by Crippen LogP contribution is -2.16. The van der Waals surface area contributed by atoms with Crippen molar-refractivity contribution in [2.24, 2.45) is 0 Å². The van der Waals surface area contributed by atoms with Crippen LogP contribution in [0, 0.1) is 0 Å². The Hall–Kier alpha value is -0.610. The molecule has 1 aromatic rings. The van der Waals surface area contributed by atoms with E-state index in [-0.39, 0.29) is 5.38 Å². The minimum Gasteiger partial charge on any atom is -0.381 e. The van der Waals surface area contributed by atoms with Gasteiger partial charge < -0.3 is 4.74 Å². The van der Waals surface area contributed by atoms with Crippen LogP contribution in [0.3, 0.4) is 0 Å². The van der Waals surface area contributed by atoms with E-state index in [1.807, 2.05) is 6.92 Å². The van der Waals surface area contributed by atoms with E-state index in [0.717, 1.165) is 31.9 Å². The number of alkyl halides is 1. The molecule has 1 aromatic heterocycles. The van der Waals surface area contributed by atoms with Gasteiger partial charge in [-0.1, -0.05) is 0 Å². The number of H-pyrrole nitrogens is 1. The molecule has 0 aliphatic carbocycles. The molecule has 0 saturated carbocycles. The highest BCUT2D eigenvalue weighted by atomic mass is 35.5. The summed E-state index contributed by atoms with van der Waals surface area (Å²) in [6.45, 7) is 3.47. The molecular formula is C9H14ClN3O. The first-order valence-corrected chi connectivity index (χ1v) is 5.35. The zero-order valence-electron chi connectivity index (χ0n) is 8.16. The molecule has 78 valence electrons. The Bertz CT molecular complexity index is 294. The van der Waals surface area contributed by atoms with Gasteiger partial charge in [0.15, 0.2) is 5.82 Å². The van der Waals surface area contributed by atoms with Gasteiger partial charge >= 0.3 is 0 Å². The van der Waals surface area contributed by atoms with E-state index in [0.29, 0.717) is 11.7 Å². The van der Waals surface area contributed by atoms with Gasteiger partial charge in [-0.25, -0.2) is 4.98 Å². The summed E-state index contributed by atoms with van der Waals surface area (Å²) in [6.07, 6.45) is 2.21. The van der Waals surface area contributed by atoms with Crippen molar-refractivity contribution in [1.29, 1.82) is 0 Å². The van der Waals surface area contributed by atoms with Gasteiger partial charge in [0.05, 0.1) is 12.0 Å². The van der Waals surface area contributed by atoms with Crippen LogP contribution >= 0.6 is 11.6 Å². The molecule has 4 nitrogen and oxygen atoms in total. The molecule has 0 spiro atoms. The highest BCUT2D eigenvalue weighted by Crippen LogP contribution is 2.24. The van der Waals surface area contributed by atoms with Crippen molar-refractivity contribution >= 4 is 11.6 Å². The molecule has 2 heterocycles. The average Bonchev–Trinajstić information content (AvgIpc) is 2.68. The predicted molar refractivity (Wildman–Crippen MR) is 53.4 cm³/mol. The van der Waals surface area contributed by atoms with Crippen molar-refractivity contribution in [2.75, 3.05) is 13.2 Å². The van der Waals surface area contributed by atoms with Crippen molar-refractivity contribution in [2.45, 2.75) is 31.1 Å². The molecule has 0 amide bonds. The molecule has 5 heteroatoms. The second kappa shape index (κ2) is 4.28. The summed E-state index contributed by atoms with van der Waals surface area (Å²) in [5.41, 5.74) is 0. The SMILES string of the molecule is CC(Cl)c1n[nH]c(C2CCCOC2)n1. The number of aromatic amines is 1. The standard InChI is InChI=1S/C9H14ClN3O/c1-6(10)8-11-9(13-12-8)7-3-2-4-14-5-7/h6-7H,2-5H2,1H3,(H,11,12,13). The maximum absolute atomic E-state index is 5.88. The summed E-state index contributed by atoms with van der Waals surface area (Å²) in [7, 11) is 0. The van der Waals surface area contributed by atoms with E-state index in [4.69, 9.17) is 16.3 Å². The normalized spacial score (nSPS) is 24.9. The van der Waals surface area contributed by atoms with Crippen molar-refractivity contribution in [1.82, 2.24) is 15.2 Å². The van der Waals surface area contributed by atoms with Crippen molar-refractivity contribution < 1.29 is 4.74 Å². The summed E-state index contributed by atoms with van der Waals surface area (Å²) in [5, 5.41) is 6.86. The van der Waals surface area contributed by atoms with Crippen LogP contribution in [0.2, 0.25) is 0 Å². The number of hydrogen-bond acceptors (Lipinski definition) is 3. The maximum Gasteiger partial charge on any atom is 0.168 e. The number of nitrogens with one attached hydrogen (secondary N) is 1. The molecule has 0 bridgehead atoms. The zero-order chi connectivity index (χ0) is 9.97. The summed E-state index contributed by atoms with van der Waals surface area (Å²) in [6, 6.07) is 0. The van der Waals surface area contributed by atoms with Gasteiger partial charge in [0, 0.05) is 12.5 Å². The molecule has 1 saturated heterocycles. The van der Waals surface area contributed by atoms with E-state index in [1.54, 1.807) is 0 Å². The van der Waals surface area contributed by atoms with Crippen LogP contribution < -0.4 is 0 Å². The van der Waals surface area contributed by atoms with Crippen molar-refractivity contribution in [3.8, 4) is 0 Å². The van der Waals surface area contributed by atoms with Gasteiger partial charge in [0.25, 0.3) is 0 Å². The first kappa shape index (κ1) is 9.93. The first-order chi connectivity index (χ1) is 6.77. The topological polar surface area (TPSA) is 50.8 Å². The molecule has 1 N–H and O–H groups in total. The fourth-order valence-electron chi connectivity index (χ4n) is 1.60. The maximum atomic E-state index is 5.88. The van der Waals surface area contributed by atoms with E-state index >= 15 is 0 Å². The number of halogens is 1. The smallest absolute Gasteiger partial charge is 0.168 e. The Kier molecular flexibility index (Phi) is 3.03. The summed E-state index contributed by atoms with van der Waals surface area (Å²) in [4.78, 5) is 4.35. The lowest BCUT2D eigenvalue weighted by Gasteiger charge is -2.19. The molecule has 1 fully saturated rings. The van der Waals surface area contributed by atoms with Gasteiger partial charge in [-0.2, -0.15) is 5.10 Å². The van der Waals surface area contributed by atoms with Gasteiger partial charge in [0.1, 0.15) is 5.82 Å². The van der Waals surface area contributed by atoms with E-state index in [2.05, 4.69) is 15.2 Å². The Balaban J connectivity index is 2.07. The molecule has 0 aromatic carbocycles. The number of aromatic nitrogens is 3. The van der Waals surface area contributed by atoms with E-state index < -0.39 is 0 Å². The van der Waals surface area contributed by atoms with E-state index in [1.165, 1.54) is 0 Å². The van der Waals surface area contributed by atoms with Crippen molar-refractivity contribution in [3.05, 3.63) is 11.6 Å². The average molecular weight is 216 g/mol. The van der Waals surface area contributed by atoms with Gasteiger partial charge in [0.2, 0.25) is 0 Å². The monoisotopic (exact) mass is 215 g/mol. The molecular weight excluding hydrogens is 202 g/mol. The molecule has 2 atom stereocenters. The predicted octanol–water partition coefficient (Wildman–Crippen LogP) is 2.00. The molecule has 14 heavy (non-hydrogen) atoms. The highest BCUT2D eigenvalue weighted by molar-refractivity contribution is 6.20. The third-order valence-electron chi connectivity index (χ3n) is 2.42. The number of rotatable bonds is 2. The quantitative estimate of drug-likeness (QED) is 0.768. The fraction of sp³-hybridized carbons (Fsp3) is 0.778. The lowest BCUT2D eigenvalue weighted by molar-refractivity contribution is 0.0781. The van der Waals surface area contributed by atoms with Crippen LogP contribution in [0.5, 0.6) is 0 Å². The second-order valence-corrected chi connectivity index (χ2v) is 4.26. The van der Waals surface area contributed by atoms with Crippen LogP contribution in [0.25, 0.3) is 0 Å². The third-order valence-corrected chi connectivity index (χ3v) is 2.62. The molecule has 0 radical (unpaired) electrons. The first-order valence-electron chi connectivity index (χ1n) is 4.91. The Morgan fingerprint density at radius 2 is 2.50 bits per heavy atom. The summed E-state index contributed by atoms with van der Waals surface area (Å²) < 4.78 is 5.39. The van der Waals surface area contributed by atoms with Crippen LogP contribution in [0.15, 0.2) is 0 Å². The Morgan fingerprint density at radius 3 is 3.07 bits per heavy atom. The molecule has 1 aliphatic heterocycles. The van der Waals surface area contributed by atoms with Gasteiger partial charge in [-0.3, -0.25) is 5.10 Å². The highest BCUT2D eigenvalue weighted by Gasteiger charge is 2.20. The van der Waals surface area contributed by atoms with Gasteiger partial charge in [-0.15, -0.1) is 11.6 Å². The van der Waals surface area contributed by atoms with Crippen LogP contribution in [-0.2, 0) is 4.74 Å². The van der Waals surface area contributed by atoms with Crippen LogP contribution in [0.4, 0.5) is 0 Å². The minimum atomic E-state index is -0.135. The number of ether oxygens (including phenoxy) is 1. The van der Waals surface area contributed by atoms with Crippen molar-refractivity contribution in [3.63, 3.8) is 0 Å². The number of hydrogen-bond donors (Lipinski definition) is 1. The Labute approximate surface area is 88.0 Å². The summed E-state index contributed by atoms with van der Waals surface area (Å²) in [5.74, 6) is 1.94. The third kappa shape index (κ3) is 2.07. The minimum absolute atomic E-state index is 0.135. The molecule has 1 aliphatic rings. The second-order valence-electron chi connectivity index (χ2n) is 3.61. The lowest BCUT2D eigenvalue weighted by atomic mass is 10.0. The zero-order valence-corrected chi connectivity index (χ0v) is 8.92. The van der Waals surface area contributed by atoms with Gasteiger partial charge in [-0.05, 0) is 19.8 Å². The number of nitrogens with zero attached hydrogens (tertiary/aromatic N) is 2. The van der Waals surface area contributed by atoms with Crippen LogP contribution in [-0.4, -0.2) is 28.4 Å². The largest absolute Gasteiger partial charge is 0.381 e. The summed E-state index contributed by atoms with van der Waals surface area (Å²) >= 11 is 5.88. The Morgan fingerprint density at radius 1 is 1.64 bits per heavy atom. The fourth-order valence-corrected chi connectivity index (χ4v) is 1.70. The van der Waals surface area contributed by atoms with E-state index in [9.17, 15) is 0 Å². The molecule has 2 rings (SSSR count).